The molecule has 0 radical (unpaired) electrons. The fourth-order valence-corrected chi connectivity index (χ4v) is 0.930. The van der Waals surface area contributed by atoms with Gasteiger partial charge in [-0.25, -0.2) is 0 Å². The van der Waals surface area contributed by atoms with Gasteiger partial charge in [-0.1, -0.05) is 6.92 Å². The van der Waals surface area contributed by atoms with Gasteiger partial charge in [0.15, 0.2) is 0 Å². The third-order valence-corrected chi connectivity index (χ3v) is 2.43. The number of nitrogens with zero attached hydrogens (tertiary/aromatic N) is 1. The molecule has 0 rings (SSSR count). The number of phosphoric ester groups is 1. The van der Waals surface area contributed by atoms with Crippen molar-refractivity contribution >= 4 is 7.82 Å². The van der Waals surface area contributed by atoms with Crippen molar-refractivity contribution in [1.29, 1.82) is 0 Å². The molecule has 1 atom stereocenters. The Morgan fingerprint density at radius 1 is 1.58 bits per heavy atom. The summed E-state index contributed by atoms with van der Waals surface area (Å²) in [5, 5.41) is 0. The minimum Gasteiger partial charge on any atom is -0.756 e. The highest BCUT2D eigenvalue weighted by molar-refractivity contribution is 7.45. The Morgan fingerprint density at radius 3 is 2.58 bits per heavy atom. The fourth-order valence-electron chi connectivity index (χ4n) is 0.519. The van der Waals surface area contributed by atoms with E-state index >= 15 is 0 Å². The molecule has 0 heterocycles. The van der Waals surface area contributed by atoms with Gasteiger partial charge >= 0.3 is 0 Å². The first-order valence-electron chi connectivity index (χ1n) is 3.71. The molecule has 0 aliphatic rings. The molecular weight excluding hydrogens is 181 g/mol. The lowest BCUT2D eigenvalue weighted by molar-refractivity contribution is -0.223. The van der Waals surface area contributed by atoms with Gasteiger partial charge in [0.1, 0.15) is 0 Å². The lowest BCUT2D eigenvalue weighted by Crippen LogP contribution is -2.23. The van der Waals surface area contributed by atoms with Crippen LogP contribution in [0.3, 0.4) is 0 Å². The largest absolute Gasteiger partial charge is 0.756 e. The van der Waals surface area contributed by atoms with Crippen molar-refractivity contribution in [2.24, 2.45) is 0 Å². The summed E-state index contributed by atoms with van der Waals surface area (Å²) in [6, 6.07) is 0. The van der Waals surface area contributed by atoms with Gasteiger partial charge < -0.3 is 18.8 Å². The number of likely N-dealkylation sites (N-methyl/N-ethyl adjacent to an activating group) is 1. The highest BCUT2D eigenvalue weighted by Gasteiger charge is 2.05. The molecule has 0 saturated carbocycles. The van der Waals surface area contributed by atoms with E-state index in [1.807, 2.05) is 18.9 Å². The van der Waals surface area contributed by atoms with Gasteiger partial charge in [-0.2, -0.15) is 0 Å². The van der Waals surface area contributed by atoms with Crippen LogP contribution in [-0.2, 0) is 13.6 Å². The molecule has 12 heavy (non-hydrogen) atoms. The van der Waals surface area contributed by atoms with Crippen molar-refractivity contribution < 1.29 is 18.5 Å². The first kappa shape index (κ1) is 12.1. The van der Waals surface area contributed by atoms with E-state index in [1.54, 1.807) is 0 Å². The molecule has 0 aliphatic carbocycles. The molecule has 0 aromatic carbocycles. The second kappa shape index (κ2) is 5.67. The topological polar surface area (TPSA) is 61.8 Å². The Kier molecular flexibility index (Phi) is 5.70. The summed E-state index contributed by atoms with van der Waals surface area (Å²) >= 11 is 0. The van der Waals surface area contributed by atoms with Crippen LogP contribution in [0.5, 0.6) is 0 Å². The maximum absolute atomic E-state index is 10.6. The molecule has 0 amide bonds. The second-order valence-electron chi connectivity index (χ2n) is 2.36. The van der Waals surface area contributed by atoms with E-state index in [1.165, 1.54) is 0 Å². The van der Waals surface area contributed by atoms with E-state index in [0.717, 1.165) is 13.7 Å². The van der Waals surface area contributed by atoms with E-state index < -0.39 is 7.82 Å². The average molecular weight is 196 g/mol. The van der Waals surface area contributed by atoms with Crippen LogP contribution < -0.4 is 4.89 Å². The number of hydrogen-bond donors (Lipinski definition) is 0. The summed E-state index contributed by atoms with van der Waals surface area (Å²) in [7, 11) is -1.06. The fraction of sp³-hybridized carbons (Fsp3) is 1.00. The molecule has 0 fully saturated rings. The molecule has 0 aromatic rings. The monoisotopic (exact) mass is 196 g/mol. The van der Waals surface area contributed by atoms with Gasteiger partial charge in [0.05, 0.1) is 6.61 Å². The molecule has 0 aliphatic heterocycles. The highest BCUT2D eigenvalue weighted by Crippen LogP contribution is 2.36. The minimum atomic E-state index is -4.02. The van der Waals surface area contributed by atoms with Gasteiger partial charge in [-0.15, -0.1) is 0 Å². The zero-order valence-electron chi connectivity index (χ0n) is 7.65. The van der Waals surface area contributed by atoms with E-state index in [4.69, 9.17) is 0 Å². The predicted octanol–water partition coefficient (Wildman–Crippen LogP) is 0.0695. The van der Waals surface area contributed by atoms with Gasteiger partial charge in [-0.3, -0.25) is 4.57 Å². The van der Waals surface area contributed by atoms with Crippen LogP contribution in [0.1, 0.15) is 6.92 Å². The van der Waals surface area contributed by atoms with Gasteiger partial charge in [-0.05, 0) is 13.6 Å². The summed E-state index contributed by atoms with van der Waals surface area (Å²) in [6.45, 7) is 3.55. The van der Waals surface area contributed by atoms with Crippen LogP contribution in [0.25, 0.3) is 0 Å². The normalized spacial score (nSPS) is 16.4. The smallest absolute Gasteiger partial charge is 0.267 e. The van der Waals surface area contributed by atoms with Gasteiger partial charge in [0, 0.05) is 13.7 Å². The molecule has 74 valence electrons. The zero-order chi connectivity index (χ0) is 9.61. The second-order valence-corrected chi connectivity index (χ2v) is 3.88. The maximum Gasteiger partial charge on any atom is 0.267 e. The number of rotatable bonds is 6. The summed E-state index contributed by atoms with van der Waals surface area (Å²) in [6.07, 6.45) is 0. The van der Waals surface area contributed by atoms with Crippen molar-refractivity contribution in [2.75, 3.05) is 33.9 Å². The van der Waals surface area contributed by atoms with Crippen LogP contribution in [0, 0.1) is 0 Å². The Balaban J connectivity index is 3.49. The summed E-state index contributed by atoms with van der Waals surface area (Å²) in [5.74, 6) is 0. The van der Waals surface area contributed by atoms with Crippen molar-refractivity contribution in [3.63, 3.8) is 0 Å². The van der Waals surface area contributed by atoms with Crippen LogP contribution in [-0.4, -0.2) is 38.8 Å². The minimum absolute atomic E-state index is 0.138. The number of phosphoric acid groups is 1. The third-order valence-electron chi connectivity index (χ3n) is 1.49. The van der Waals surface area contributed by atoms with Crippen molar-refractivity contribution in [3.8, 4) is 0 Å². The summed E-state index contributed by atoms with van der Waals surface area (Å²) in [5.41, 5.74) is 0. The Labute approximate surface area is 72.9 Å². The van der Waals surface area contributed by atoms with Crippen LogP contribution in [0.4, 0.5) is 0 Å². The van der Waals surface area contributed by atoms with Crippen LogP contribution in [0.15, 0.2) is 0 Å². The molecule has 0 aromatic heterocycles. The standard InChI is InChI=1S/C6H16NO4P/c1-4-7(2)5-6-11-12(8,9)10-3/h4-6H2,1-3H3,(H,8,9)/p-1. The average Bonchev–Trinajstić information content (AvgIpc) is 2.04. The molecule has 0 N–H and O–H groups in total. The van der Waals surface area contributed by atoms with Crippen LogP contribution in [0.2, 0.25) is 0 Å². The van der Waals surface area contributed by atoms with E-state index in [2.05, 4.69) is 9.05 Å². The lowest BCUT2D eigenvalue weighted by Gasteiger charge is -2.21. The van der Waals surface area contributed by atoms with E-state index in [-0.39, 0.29) is 6.61 Å². The predicted molar refractivity (Wildman–Crippen MR) is 43.7 cm³/mol. The van der Waals surface area contributed by atoms with Crippen molar-refractivity contribution in [2.45, 2.75) is 6.92 Å². The first-order valence-corrected chi connectivity index (χ1v) is 5.17. The molecule has 5 nitrogen and oxygen atoms in total. The Bertz CT molecular complexity index is 164. The quantitative estimate of drug-likeness (QED) is 0.562. The third kappa shape index (κ3) is 5.69. The molecule has 0 spiro atoms. The first-order chi connectivity index (χ1) is 5.52. The lowest BCUT2D eigenvalue weighted by atomic mass is 10.6. The van der Waals surface area contributed by atoms with Gasteiger partial charge in [0.2, 0.25) is 0 Å². The molecular formula is C6H15NO4P-. The maximum atomic E-state index is 10.6. The van der Waals surface area contributed by atoms with Crippen LogP contribution >= 0.6 is 7.82 Å². The molecule has 0 bridgehead atoms. The van der Waals surface area contributed by atoms with Gasteiger partial charge in [0.25, 0.3) is 7.82 Å². The summed E-state index contributed by atoms with van der Waals surface area (Å²) < 4.78 is 19.2. The number of hydrogen-bond acceptors (Lipinski definition) is 5. The zero-order valence-corrected chi connectivity index (χ0v) is 8.54. The Morgan fingerprint density at radius 2 is 2.17 bits per heavy atom. The Hall–Kier alpha value is 0.0700. The van der Waals surface area contributed by atoms with Crippen molar-refractivity contribution in [3.05, 3.63) is 0 Å². The molecule has 6 heteroatoms. The van der Waals surface area contributed by atoms with Crippen molar-refractivity contribution in [1.82, 2.24) is 4.90 Å². The molecule has 1 unspecified atom stereocenters. The summed E-state index contributed by atoms with van der Waals surface area (Å²) in [4.78, 5) is 12.6. The van der Waals surface area contributed by atoms with E-state index in [9.17, 15) is 9.46 Å². The highest BCUT2D eigenvalue weighted by atomic mass is 31.2. The SMILES string of the molecule is CCN(C)CCOP(=O)([O-])OC. The molecule has 0 saturated heterocycles. The van der Waals surface area contributed by atoms with E-state index in [0.29, 0.717) is 6.54 Å².